The van der Waals surface area contributed by atoms with Gasteiger partial charge in [0.25, 0.3) is 0 Å². The fraction of sp³-hybridized carbons (Fsp3) is 0.500. The number of likely N-dealkylation sites (tertiary alicyclic amines) is 1. The number of methoxy groups -OCH3 is 1. The summed E-state index contributed by atoms with van der Waals surface area (Å²) in [6.07, 6.45) is 1.86. The van der Waals surface area contributed by atoms with Crippen LogP contribution in [0.4, 0.5) is 4.39 Å². The number of hydrogen-bond donors (Lipinski definition) is 0. The molecule has 98 valence electrons. The molecular formula is C14H18FNO2. The van der Waals surface area contributed by atoms with Crippen LogP contribution in [-0.4, -0.2) is 31.1 Å². The van der Waals surface area contributed by atoms with Crippen molar-refractivity contribution in [2.24, 2.45) is 5.92 Å². The Balaban J connectivity index is 1.95. The Bertz CT molecular complexity index is 422. The lowest BCUT2D eigenvalue weighted by Crippen LogP contribution is -2.38. The first kappa shape index (κ1) is 13.0. The van der Waals surface area contributed by atoms with Crippen LogP contribution in [0.2, 0.25) is 0 Å². The van der Waals surface area contributed by atoms with Gasteiger partial charge in [-0.05, 0) is 37.1 Å². The number of rotatable bonds is 3. The van der Waals surface area contributed by atoms with Crippen molar-refractivity contribution in [1.82, 2.24) is 4.90 Å². The molecule has 2 rings (SSSR count). The first-order valence-corrected chi connectivity index (χ1v) is 6.23. The lowest BCUT2D eigenvalue weighted by molar-refractivity contribution is -0.147. The molecule has 0 aliphatic carbocycles. The van der Waals surface area contributed by atoms with Gasteiger partial charge in [0.2, 0.25) is 0 Å². The second-order valence-corrected chi connectivity index (χ2v) is 4.73. The maximum atomic E-state index is 13.1. The van der Waals surface area contributed by atoms with Crippen LogP contribution in [0.5, 0.6) is 0 Å². The summed E-state index contributed by atoms with van der Waals surface area (Å²) in [4.78, 5) is 13.7. The molecule has 1 aromatic carbocycles. The van der Waals surface area contributed by atoms with Crippen LogP contribution in [0.15, 0.2) is 24.3 Å². The largest absolute Gasteiger partial charge is 0.469 e. The molecule has 0 radical (unpaired) electrons. The van der Waals surface area contributed by atoms with Gasteiger partial charge in [-0.3, -0.25) is 9.69 Å². The lowest BCUT2D eigenvalue weighted by Gasteiger charge is -2.31. The first-order valence-electron chi connectivity index (χ1n) is 6.23. The summed E-state index contributed by atoms with van der Waals surface area (Å²) < 4.78 is 17.9. The van der Waals surface area contributed by atoms with Crippen molar-refractivity contribution in [3.63, 3.8) is 0 Å². The van der Waals surface area contributed by atoms with Gasteiger partial charge in [0.1, 0.15) is 5.82 Å². The van der Waals surface area contributed by atoms with Crippen LogP contribution in [0.1, 0.15) is 18.4 Å². The van der Waals surface area contributed by atoms with E-state index in [1.54, 1.807) is 12.1 Å². The van der Waals surface area contributed by atoms with Crippen LogP contribution < -0.4 is 0 Å². The second-order valence-electron chi connectivity index (χ2n) is 4.73. The van der Waals surface area contributed by atoms with Gasteiger partial charge in [0.05, 0.1) is 13.0 Å². The molecule has 1 unspecified atom stereocenters. The molecule has 18 heavy (non-hydrogen) atoms. The number of benzene rings is 1. The van der Waals surface area contributed by atoms with Gasteiger partial charge in [-0.2, -0.15) is 0 Å². The normalized spacial score (nSPS) is 20.7. The Morgan fingerprint density at radius 2 is 2.39 bits per heavy atom. The monoisotopic (exact) mass is 251 g/mol. The smallest absolute Gasteiger partial charge is 0.309 e. The molecule has 0 amide bonds. The van der Waals surface area contributed by atoms with Crippen molar-refractivity contribution >= 4 is 5.97 Å². The zero-order valence-corrected chi connectivity index (χ0v) is 10.6. The van der Waals surface area contributed by atoms with E-state index in [-0.39, 0.29) is 17.7 Å². The minimum absolute atomic E-state index is 0.0442. The van der Waals surface area contributed by atoms with E-state index < -0.39 is 0 Å². The Kier molecular flexibility index (Phi) is 4.31. The zero-order chi connectivity index (χ0) is 13.0. The summed E-state index contributed by atoms with van der Waals surface area (Å²) in [7, 11) is 1.42. The number of nitrogens with zero attached hydrogens (tertiary/aromatic N) is 1. The number of esters is 1. The van der Waals surface area contributed by atoms with Crippen LogP contribution >= 0.6 is 0 Å². The highest BCUT2D eigenvalue weighted by Crippen LogP contribution is 2.19. The van der Waals surface area contributed by atoms with Crippen molar-refractivity contribution in [1.29, 1.82) is 0 Å². The Hall–Kier alpha value is -1.42. The van der Waals surface area contributed by atoms with Crippen LogP contribution in [0.3, 0.4) is 0 Å². The van der Waals surface area contributed by atoms with Gasteiger partial charge in [-0.15, -0.1) is 0 Å². The molecule has 4 heteroatoms. The van der Waals surface area contributed by atoms with E-state index >= 15 is 0 Å². The van der Waals surface area contributed by atoms with Crippen molar-refractivity contribution in [3.05, 3.63) is 35.6 Å². The molecule has 1 atom stereocenters. The molecule has 1 aromatic rings. The third-order valence-electron chi connectivity index (χ3n) is 3.34. The average Bonchev–Trinajstić information content (AvgIpc) is 2.38. The summed E-state index contributed by atoms with van der Waals surface area (Å²) in [5, 5.41) is 0. The number of halogens is 1. The number of carbonyl (C=O) groups excluding carboxylic acids is 1. The second kappa shape index (κ2) is 5.96. The minimum Gasteiger partial charge on any atom is -0.469 e. The molecule has 3 nitrogen and oxygen atoms in total. The fourth-order valence-corrected chi connectivity index (χ4v) is 2.45. The quantitative estimate of drug-likeness (QED) is 0.771. The number of carbonyl (C=O) groups is 1. The van der Waals surface area contributed by atoms with Gasteiger partial charge in [0, 0.05) is 13.1 Å². The predicted octanol–water partition coefficient (Wildman–Crippen LogP) is 2.21. The van der Waals surface area contributed by atoms with Crippen molar-refractivity contribution in [2.45, 2.75) is 19.4 Å². The Morgan fingerprint density at radius 3 is 3.11 bits per heavy atom. The van der Waals surface area contributed by atoms with E-state index in [0.29, 0.717) is 13.1 Å². The van der Waals surface area contributed by atoms with Gasteiger partial charge in [0.15, 0.2) is 0 Å². The topological polar surface area (TPSA) is 29.5 Å². The van der Waals surface area contributed by atoms with Gasteiger partial charge in [-0.25, -0.2) is 4.39 Å². The van der Waals surface area contributed by atoms with Crippen molar-refractivity contribution < 1.29 is 13.9 Å². The standard InChI is InChI=1S/C14H18FNO2/c1-18-14(17)12-5-3-7-16(10-12)9-11-4-2-6-13(15)8-11/h2,4,6,8,12H,3,5,7,9-10H2,1H3. The molecule has 0 N–H and O–H groups in total. The first-order chi connectivity index (χ1) is 8.69. The lowest BCUT2D eigenvalue weighted by atomic mass is 9.98. The van der Waals surface area contributed by atoms with E-state index in [9.17, 15) is 9.18 Å². The van der Waals surface area contributed by atoms with E-state index in [4.69, 9.17) is 4.74 Å². The number of ether oxygens (including phenoxy) is 1. The van der Waals surface area contributed by atoms with Crippen LogP contribution in [0.25, 0.3) is 0 Å². The third-order valence-corrected chi connectivity index (χ3v) is 3.34. The number of hydrogen-bond acceptors (Lipinski definition) is 3. The van der Waals surface area contributed by atoms with Gasteiger partial charge in [-0.1, -0.05) is 12.1 Å². The maximum absolute atomic E-state index is 13.1. The molecule has 0 spiro atoms. The maximum Gasteiger partial charge on any atom is 0.309 e. The van der Waals surface area contributed by atoms with E-state index in [0.717, 1.165) is 24.9 Å². The predicted molar refractivity (Wildman–Crippen MR) is 66.4 cm³/mol. The molecule has 1 heterocycles. The van der Waals surface area contributed by atoms with Crippen molar-refractivity contribution in [2.75, 3.05) is 20.2 Å². The molecular weight excluding hydrogens is 233 g/mol. The Labute approximate surface area is 107 Å². The number of piperidine rings is 1. The van der Waals surface area contributed by atoms with E-state index in [2.05, 4.69) is 4.90 Å². The Morgan fingerprint density at radius 1 is 1.56 bits per heavy atom. The molecule has 0 saturated carbocycles. The highest BCUT2D eigenvalue weighted by molar-refractivity contribution is 5.72. The summed E-state index contributed by atoms with van der Waals surface area (Å²) in [6.45, 7) is 2.33. The molecule has 1 saturated heterocycles. The molecule has 0 bridgehead atoms. The highest BCUT2D eigenvalue weighted by atomic mass is 19.1. The third kappa shape index (κ3) is 3.29. The molecule has 1 aliphatic rings. The highest BCUT2D eigenvalue weighted by Gasteiger charge is 2.26. The fourth-order valence-electron chi connectivity index (χ4n) is 2.45. The molecule has 0 aromatic heterocycles. The molecule has 1 aliphatic heterocycles. The summed E-state index contributed by atoms with van der Waals surface area (Å²) in [5.74, 6) is -0.398. The summed E-state index contributed by atoms with van der Waals surface area (Å²) in [6, 6.07) is 6.61. The van der Waals surface area contributed by atoms with Gasteiger partial charge < -0.3 is 4.74 Å². The van der Waals surface area contributed by atoms with Crippen LogP contribution in [0, 0.1) is 11.7 Å². The summed E-state index contributed by atoms with van der Waals surface area (Å²) in [5.41, 5.74) is 0.945. The summed E-state index contributed by atoms with van der Waals surface area (Å²) >= 11 is 0. The van der Waals surface area contributed by atoms with E-state index in [1.807, 2.05) is 6.07 Å². The SMILES string of the molecule is COC(=O)C1CCCN(Cc2cccc(F)c2)C1. The van der Waals surface area contributed by atoms with E-state index in [1.165, 1.54) is 13.2 Å². The minimum atomic E-state index is -0.214. The molecule has 1 fully saturated rings. The van der Waals surface area contributed by atoms with Crippen molar-refractivity contribution in [3.8, 4) is 0 Å². The van der Waals surface area contributed by atoms with Gasteiger partial charge >= 0.3 is 5.97 Å². The van der Waals surface area contributed by atoms with Crippen LogP contribution in [-0.2, 0) is 16.1 Å². The average molecular weight is 251 g/mol. The zero-order valence-electron chi connectivity index (χ0n) is 10.6.